The van der Waals surface area contributed by atoms with Gasteiger partial charge in [-0.2, -0.15) is 5.26 Å². The number of amides is 2. The van der Waals surface area contributed by atoms with Crippen molar-refractivity contribution >= 4 is 24.6 Å². The number of esters is 1. The number of fused-ring (bicyclic) bond motifs is 1. The number of urea groups is 1. The lowest BCUT2D eigenvalue weighted by Gasteiger charge is -2.31. The van der Waals surface area contributed by atoms with E-state index in [1.807, 2.05) is 32.0 Å². The van der Waals surface area contributed by atoms with Gasteiger partial charge in [-0.05, 0) is 74.4 Å². The molecule has 1 heterocycles. The van der Waals surface area contributed by atoms with E-state index >= 15 is 0 Å². The molecule has 0 saturated carbocycles. The molecule has 1 N–H and O–H groups in total. The molecule has 4 rings (SSSR count). The Balaban J connectivity index is 1.46. The number of ether oxygens (including phenoxy) is 2. The number of likely N-dealkylation sites (tertiary alicyclic amines) is 1. The summed E-state index contributed by atoms with van der Waals surface area (Å²) in [4.78, 5) is 36.6. The zero-order chi connectivity index (χ0) is 28.6. The summed E-state index contributed by atoms with van der Waals surface area (Å²) in [6, 6.07) is 13.1. The van der Waals surface area contributed by atoms with Crippen LogP contribution in [0.3, 0.4) is 0 Å². The van der Waals surface area contributed by atoms with E-state index in [-0.39, 0.29) is 36.0 Å². The Bertz CT molecular complexity index is 1320. The number of methoxy groups -OCH3 is 1. The van der Waals surface area contributed by atoms with Gasteiger partial charge in [-0.3, -0.25) is 4.79 Å². The Morgan fingerprint density at radius 2 is 1.98 bits per heavy atom. The molecule has 2 aromatic carbocycles. The van der Waals surface area contributed by atoms with Gasteiger partial charge in [0.1, 0.15) is 11.8 Å². The summed E-state index contributed by atoms with van der Waals surface area (Å²) in [6.45, 7) is 8.61. The summed E-state index contributed by atoms with van der Waals surface area (Å²) >= 11 is 0. The smallest absolute Gasteiger partial charge is 0.317 e. The predicted molar refractivity (Wildman–Crippen MR) is 150 cm³/mol. The Kier molecular flexibility index (Phi) is 9.38. The second-order valence-corrected chi connectivity index (χ2v) is 10.1. The van der Waals surface area contributed by atoms with Crippen LogP contribution in [0.15, 0.2) is 46.5 Å². The van der Waals surface area contributed by atoms with Gasteiger partial charge in [0.05, 0.1) is 37.3 Å². The number of nitrogens with zero attached hydrogens (tertiary/aromatic N) is 4. The molecule has 1 aliphatic heterocycles. The lowest BCUT2D eigenvalue weighted by Crippen LogP contribution is -2.46. The first-order valence-corrected chi connectivity index (χ1v) is 13.5. The van der Waals surface area contributed by atoms with Crippen LogP contribution >= 0.6 is 0 Å². The number of hydrogen-bond acceptors (Lipinski definition) is 8. The Morgan fingerprint density at radius 1 is 1.20 bits per heavy atom. The maximum absolute atomic E-state index is 13.0. The van der Waals surface area contributed by atoms with Crippen LogP contribution in [0, 0.1) is 17.2 Å². The third-order valence-electron chi connectivity index (χ3n) is 7.24. The number of nitriles is 1. The van der Waals surface area contributed by atoms with Crippen LogP contribution in [0.4, 0.5) is 4.79 Å². The van der Waals surface area contributed by atoms with Crippen molar-refractivity contribution in [2.45, 2.75) is 58.2 Å². The van der Waals surface area contributed by atoms with Crippen LogP contribution in [0.2, 0.25) is 0 Å². The van der Waals surface area contributed by atoms with Gasteiger partial charge in [-0.15, -0.1) is 0 Å². The maximum atomic E-state index is 13.0. The highest BCUT2D eigenvalue weighted by atomic mass is 16.6. The van der Waals surface area contributed by atoms with Crippen LogP contribution in [-0.2, 0) is 27.3 Å². The van der Waals surface area contributed by atoms with Crippen LogP contribution in [-0.4, -0.2) is 55.8 Å². The molecule has 0 bridgehead atoms. The van der Waals surface area contributed by atoms with Crippen molar-refractivity contribution in [1.82, 2.24) is 10.2 Å². The summed E-state index contributed by atoms with van der Waals surface area (Å²) in [5, 5.41) is 16.3. The van der Waals surface area contributed by atoms with Crippen LogP contribution < -0.4 is 10.1 Å². The quantitative estimate of drug-likeness (QED) is 0.225. The first kappa shape index (κ1) is 28.6. The van der Waals surface area contributed by atoms with Crippen molar-refractivity contribution < 1.29 is 23.9 Å². The molecule has 0 aromatic heterocycles. The van der Waals surface area contributed by atoms with Crippen molar-refractivity contribution in [3.05, 3.63) is 64.2 Å². The molecule has 2 aromatic rings. The number of nitrogens with one attached hydrogen (secondary N) is 1. The van der Waals surface area contributed by atoms with E-state index in [9.17, 15) is 14.9 Å². The average molecular weight is 546 g/mol. The molecule has 2 aliphatic rings. The largest absolute Gasteiger partial charge is 0.490 e. The first-order chi connectivity index (χ1) is 19.3. The number of carbonyl (C=O) groups is 2. The van der Waals surface area contributed by atoms with Crippen LogP contribution in [0.1, 0.15) is 67.0 Å². The van der Waals surface area contributed by atoms with Gasteiger partial charge < -0.3 is 24.5 Å². The third-order valence-corrected chi connectivity index (χ3v) is 7.24. The summed E-state index contributed by atoms with van der Waals surface area (Å²) in [5.41, 5.74) is 4.23. The maximum Gasteiger partial charge on any atom is 0.317 e. The molecule has 0 spiro atoms. The van der Waals surface area contributed by atoms with Crippen molar-refractivity contribution in [2.24, 2.45) is 16.1 Å². The molecule has 210 valence electrons. The summed E-state index contributed by atoms with van der Waals surface area (Å²) in [7, 11) is 1.40. The standard InChI is InChI=1S/C30H35N5O5/c1-19(2)39-27-11-8-21(16-23(27)17-31)28(40-32-3)33-18-22-6-5-7-25-24(22)9-10-26(25)34-30(37)35-14-12-20(13-15-35)29(36)38-4/h5-8,11,16,19-20,26H,3,9-10,12-15,18H2,1-2,4H3,(H,34,37)/b33-28-. The molecule has 1 fully saturated rings. The van der Waals surface area contributed by atoms with Gasteiger partial charge in [-0.25, -0.2) is 9.79 Å². The lowest BCUT2D eigenvalue weighted by molar-refractivity contribution is -0.146. The average Bonchev–Trinajstić information content (AvgIpc) is 3.38. The lowest BCUT2D eigenvalue weighted by atomic mass is 9.97. The van der Waals surface area contributed by atoms with E-state index in [0.717, 1.165) is 29.5 Å². The van der Waals surface area contributed by atoms with Gasteiger partial charge in [-0.1, -0.05) is 23.4 Å². The monoisotopic (exact) mass is 545 g/mol. The van der Waals surface area contributed by atoms with Crippen LogP contribution in [0.25, 0.3) is 0 Å². The molecule has 0 radical (unpaired) electrons. The molecular formula is C30H35N5O5. The molecule has 1 aliphatic carbocycles. The molecule has 1 unspecified atom stereocenters. The molecule has 40 heavy (non-hydrogen) atoms. The van der Waals surface area contributed by atoms with Gasteiger partial charge in [0.15, 0.2) is 0 Å². The number of oxime groups is 1. The molecule has 10 heteroatoms. The zero-order valence-electron chi connectivity index (χ0n) is 23.2. The van der Waals surface area contributed by atoms with E-state index in [0.29, 0.717) is 49.4 Å². The SMILES string of the molecule is C=NO/C(=N\Cc1cccc2c1CCC2NC(=O)N1CCC(C(=O)OC)CC1)c1ccc(OC(C)C)c(C#N)c1. The predicted octanol–water partition coefficient (Wildman–Crippen LogP) is 4.51. The van der Waals surface area contributed by atoms with E-state index < -0.39 is 0 Å². The second kappa shape index (κ2) is 13.1. The number of aliphatic imine (C=N–C) groups is 1. The number of rotatable bonds is 8. The fourth-order valence-electron chi connectivity index (χ4n) is 5.25. The topological polar surface area (TPSA) is 126 Å². The summed E-state index contributed by atoms with van der Waals surface area (Å²) in [6.07, 6.45) is 2.75. The highest BCUT2D eigenvalue weighted by molar-refractivity contribution is 5.94. The number of piperidine rings is 1. The van der Waals surface area contributed by atoms with Gasteiger partial charge in [0.25, 0.3) is 5.90 Å². The van der Waals surface area contributed by atoms with E-state index in [1.165, 1.54) is 7.11 Å². The molecule has 1 atom stereocenters. The van der Waals surface area contributed by atoms with Gasteiger partial charge >= 0.3 is 12.0 Å². The van der Waals surface area contributed by atoms with E-state index in [1.54, 1.807) is 23.1 Å². The Morgan fingerprint density at radius 3 is 2.65 bits per heavy atom. The normalized spacial score (nSPS) is 17.1. The Labute approximate surface area is 234 Å². The van der Waals surface area contributed by atoms with Gasteiger partial charge in [0, 0.05) is 25.4 Å². The minimum absolute atomic E-state index is 0.0651. The number of hydrogen-bond donors (Lipinski definition) is 1. The Hall–Kier alpha value is -4.39. The van der Waals surface area contributed by atoms with Crippen molar-refractivity contribution in [3.8, 4) is 11.8 Å². The fraction of sp³-hybridized carbons (Fsp3) is 0.433. The second-order valence-electron chi connectivity index (χ2n) is 10.1. The fourth-order valence-corrected chi connectivity index (χ4v) is 5.25. The van der Waals surface area contributed by atoms with E-state index in [2.05, 4.69) is 28.3 Å². The zero-order valence-corrected chi connectivity index (χ0v) is 23.2. The van der Waals surface area contributed by atoms with Crippen LogP contribution in [0.5, 0.6) is 5.75 Å². The molecule has 10 nitrogen and oxygen atoms in total. The third kappa shape index (κ3) is 6.60. The van der Waals surface area contributed by atoms with Gasteiger partial charge in [0.2, 0.25) is 0 Å². The minimum atomic E-state index is -0.208. The minimum Gasteiger partial charge on any atom is -0.490 e. The molecule has 2 amide bonds. The molecule has 1 saturated heterocycles. The van der Waals surface area contributed by atoms with Crippen molar-refractivity contribution in [1.29, 1.82) is 5.26 Å². The van der Waals surface area contributed by atoms with E-state index in [4.69, 9.17) is 14.3 Å². The van der Waals surface area contributed by atoms with Crippen molar-refractivity contribution in [2.75, 3.05) is 20.2 Å². The summed E-state index contributed by atoms with van der Waals surface area (Å²) < 4.78 is 10.6. The summed E-state index contributed by atoms with van der Waals surface area (Å²) in [5.74, 6) is 0.389. The first-order valence-electron chi connectivity index (χ1n) is 13.5. The number of benzene rings is 2. The number of carbonyl (C=O) groups excluding carboxylic acids is 2. The molecular weight excluding hydrogens is 510 g/mol. The van der Waals surface area contributed by atoms with Crippen molar-refractivity contribution in [3.63, 3.8) is 0 Å². The highest BCUT2D eigenvalue weighted by Crippen LogP contribution is 2.34. The highest BCUT2D eigenvalue weighted by Gasteiger charge is 2.31.